The molecule has 4 nitrogen and oxygen atoms in total. The van der Waals surface area contributed by atoms with E-state index in [2.05, 4.69) is 9.93 Å². The van der Waals surface area contributed by atoms with Crippen LogP contribution in [0.2, 0.25) is 5.02 Å². The Morgan fingerprint density at radius 1 is 1.05 bits per heavy atom. The van der Waals surface area contributed by atoms with E-state index in [4.69, 9.17) is 11.6 Å². The van der Waals surface area contributed by atoms with Crippen molar-refractivity contribution in [2.24, 2.45) is 5.10 Å². The summed E-state index contributed by atoms with van der Waals surface area (Å²) >= 11 is 5.76. The molecule has 0 amide bonds. The molecular formula is C15H13ClN2O2S. The number of halogens is 1. The van der Waals surface area contributed by atoms with E-state index >= 15 is 0 Å². The Balaban J connectivity index is 1.99. The minimum Gasteiger partial charge on any atom is -0.200 e. The molecule has 0 aliphatic rings. The minimum atomic E-state index is -3.69. The van der Waals surface area contributed by atoms with Crippen LogP contribution in [0.3, 0.4) is 0 Å². The third-order valence-electron chi connectivity index (χ3n) is 2.53. The van der Waals surface area contributed by atoms with E-state index in [0.29, 0.717) is 5.02 Å². The third kappa shape index (κ3) is 4.73. The lowest BCUT2D eigenvalue weighted by atomic mass is 10.2. The smallest absolute Gasteiger partial charge is 0.200 e. The predicted octanol–water partition coefficient (Wildman–Crippen LogP) is 3.32. The molecule has 0 atom stereocenters. The fourth-order valence-electron chi connectivity index (χ4n) is 1.55. The van der Waals surface area contributed by atoms with Crippen LogP contribution in [0.1, 0.15) is 5.56 Å². The molecule has 6 heteroatoms. The monoisotopic (exact) mass is 320 g/mol. The van der Waals surface area contributed by atoms with Gasteiger partial charge in [0.2, 0.25) is 0 Å². The number of nitrogens with zero attached hydrogens (tertiary/aromatic N) is 1. The number of hydrogen-bond acceptors (Lipinski definition) is 3. The van der Waals surface area contributed by atoms with Gasteiger partial charge in [-0.25, -0.2) is 4.83 Å². The summed E-state index contributed by atoms with van der Waals surface area (Å²) in [7, 11) is -3.69. The number of nitrogens with one attached hydrogen (secondary N) is 1. The van der Waals surface area contributed by atoms with Gasteiger partial charge in [0.25, 0.3) is 10.0 Å². The summed E-state index contributed by atoms with van der Waals surface area (Å²) in [6.07, 6.45) is 4.84. The van der Waals surface area contributed by atoms with Crippen LogP contribution in [0.4, 0.5) is 0 Å². The van der Waals surface area contributed by atoms with E-state index in [9.17, 15) is 8.42 Å². The molecule has 1 N–H and O–H groups in total. The molecule has 0 saturated carbocycles. The standard InChI is InChI=1S/C15H13ClN2O2S/c16-14-9-4-10-15(12-14)21(19,20)18-17-11-5-8-13-6-2-1-3-7-13/h1-12,18H/b8-5+,17-11+. The van der Waals surface area contributed by atoms with E-state index in [1.807, 2.05) is 36.4 Å². The van der Waals surface area contributed by atoms with Crippen molar-refractivity contribution in [3.05, 3.63) is 71.3 Å². The molecule has 0 saturated heterocycles. The molecule has 2 rings (SSSR count). The second-order valence-corrected chi connectivity index (χ2v) is 6.20. The predicted molar refractivity (Wildman–Crippen MR) is 85.7 cm³/mol. The highest BCUT2D eigenvalue weighted by molar-refractivity contribution is 7.89. The topological polar surface area (TPSA) is 58.5 Å². The van der Waals surface area contributed by atoms with Gasteiger partial charge in [-0.05, 0) is 29.8 Å². The van der Waals surface area contributed by atoms with Crippen LogP contribution in [0.5, 0.6) is 0 Å². The molecule has 0 heterocycles. The Morgan fingerprint density at radius 3 is 2.52 bits per heavy atom. The molecule has 0 spiro atoms. The van der Waals surface area contributed by atoms with Gasteiger partial charge < -0.3 is 0 Å². The Morgan fingerprint density at radius 2 is 1.81 bits per heavy atom. The molecule has 21 heavy (non-hydrogen) atoms. The second kappa shape index (κ2) is 7.06. The first kappa shape index (κ1) is 15.3. The summed E-state index contributed by atoms with van der Waals surface area (Å²) in [6, 6.07) is 15.6. The Labute approximate surface area is 128 Å². The Bertz CT molecular complexity index is 756. The summed E-state index contributed by atoms with van der Waals surface area (Å²) < 4.78 is 23.8. The Kier molecular flexibility index (Phi) is 5.14. The molecule has 2 aromatic rings. The molecule has 0 unspecified atom stereocenters. The van der Waals surface area contributed by atoms with Crippen LogP contribution in [0.15, 0.2) is 70.7 Å². The van der Waals surface area contributed by atoms with Gasteiger partial charge in [-0.15, -0.1) is 0 Å². The van der Waals surface area contributed by atoms with Gasteiger partial charge >= 0.3 is 0 Å². The van der Waals surface area contributed by atoms with Crippen molar-refractivity contribution >= 4 is 33.9 Å². The number of hydrogen-bond donors (Lipinski definition) is 1. The molecule has 2 aromatic carbocycles. The van der Waals surface area contributed by atoms with Crippen LogP contribution in [0.25, 0.3) is 6.08 Å². The largest absolute Gasteiger partial charge is 0.276 e. The van der Waals surface area contributed by atoms with E-state index in [1.165, 1.54) is 18.3 Å². The highest BCUT2D eigenvalue weighted by Gasteiger charge is 2.12. The van der Waals surface area contributed by atoms with Gasteiger partial charge in [0.05, 0.1) is 4.90 Å². The lowest BCUT2D eigenvalue weighted by Gasteiger charge is -2.02. The fraction of sp³-hybridized carbons (Fsp3) is 0. The zero-order valence-corrected chi connectivity index (χ0v) is 12.6. The van der Waals surface area contributed by atoms with Crippen molar-refractivity contribution in [3.63, 3.8) is 0 Å². The van der Waals surface area contributed by atoms with E-state index in [1.54, 1.807) is 18.2 Å². The fourth-order valence-corrected chi connectivity index (χ4v) is 2.65. The molecular weight excluding hydrogens is 308 g/mol. The van der Waals surface area contributed by atoms with Gasteiger partial charge in [-0.2, -0.15) is 13.5 Å². The molecule has 108 valence electrons. The summed E-state index contributed by atoms with van der Waals surface area (Å²) in [5, 5.41) is 4.02. The maximum Gasteiger partial charge on any atom is 0.276 e. The number of sulfonamides is 1. The van der Waals surface area contributed by atoms with Crippen LogP contribution in [0, 0.1) is 0 Å². The summed E-state index contributed by atoms with van der Waals surface area (Å²) in [5.41, 5.74) is 1.00. The average molecular weight is 321 g/mol. The highest BCUT2D eigenvalue weighted by Crippen LogP contribution is 2.14. The van der Waals surface area contributed by atoms with Crippen molar-refractivity contribution in [2.45, 2.75) is 4.90 Å². The minimum absolute atomic E-state index is 0.0687. The van der Waals surface area contributed by atoms with Gasteiger partial charge in [-0.3, -0.25) is 0 Å². The van der Waals surface area contributed by atoms with Gasteiger partial charge in [-0.1, -0.05) is 54.1 Å². The lowest BCUT2D eigenvalue weighted by Crippen LogP contribution is -2.17. The SMILES string of the molecule is O=S(=O)(N/N=C/C=C/c1ccccc1)c1cccc(Cl)c1. The first-order chi connectivity index (χ1) is 10.1. The van der Waals surface area contributed by atoms with E-state index in [-0.39, 0.29) is 4.90 Å². The molecule has 0 aliphatic heterocycles. The number of allylic oxidation sites excluding steroid dienone is 1. The first-order valence-electron chi connectivity index (χ1n) is 6.10. The number of rotatable bonds is 5. The van der Waals surface area contributed by atoms with Crippen molar-refractivity contribution in [1.29, 1.82) is 0 Å². The zero-order valence-electron chi connectivity index (χ0n) is 11.0. The van der Waals surface area contributed by atoms with E-state index in [0.717, 1.165) is 5.56 Å². The number of benzene rings is 2. The third-order valence-corrected chi connectivity index (χ3v) is 3.98. The van der Waals surface area contributed by atoms with Crippen LogP contribution in [-0.4, -0.2) is 14.6 Å². The lowest BCUT2D eigenvalue weighted by molar-refractivity contribution is 0.584. The van der Waals surface area contributed by atoms with Crippen LogP contribution in [-0.2, 0) is 10.0 Å². The molecule has 0 aromatic heterocycles. The second-order valence-electron chi connectivity index (χ2n) is 4.10. The molecule has 0 radical (unpaired) electrons. The average Bonchev–Trinajstić information content (AvgIpc) is 2.48. The molecule has 0 bridgehead atoms. The van der Waals surface area contributed by atoms with Gasteiger partial charge in [0, 0.05) is 11.2 Å². The van der Waals surface area contributed by atoms with E-state index < -0.39 is 10.0 Å². The van der Waals surface area contributed by atoms with Gasteiger partial charge in [0.15, 0.2) is 0 Å². The summed E-state index contributed by atoms with van der Waals surface area (Å²) in [4.78, 5) is 2.19. The normalized spacial score (nSPS) is 12.0. The summed E-state index contributed by atoms with van der Waals surface area (Å²) in [6.45, 7) is 0. The zero-order chi connectivity index (χ0) is 15.1. The van der Waals surface area contributed by atoms with Crippen LogP contribution < -0.4 is 4.83 Å². The van der Waals surface area contributed by atoms with Crippen molar-refractivity contribution in [1.82, 2.24) is 4.83 Å². The van der Waals surface area contributed by atoms with Crippen molar-refractivity contribution in [2.75, 3.05) is 0 Å². The molecule has 0 aliphatic carbocycles. The number of hydrazone groups is 1. The van der Waals surface area contributed by atoms with Crippen molar-refractivity contribution in [3.8, 4) is 0 Å². The summed E-state index contributed by atoms with van der Waals surface area (Å²) in [5.74, 6) is 0. The highest BCUT2D eigenvalue weighted by atomic mass is 35.5. The van der Waals surface area contributed by atoms with Crippen molar-refractivity contribution < 1.29 is 8.42 Å². The van der Waals surface area contributed by atoms with Crippen LogP contribution >= 0.6 is 11.6 Å². The first-order valence-corrected chi connectivity index (χ1v) is 7.96. The van der Waals surface area contributed by atoms with Gasteiger partial charge in [0.1, 0.15) is 0 Å². The maximum absolute atomic E-state index is 11.9. The molecule has 0 fully saturated rings. The maximum atomic E-state index is 11.9. The Hall–Kier alpha value is -2.11. The quantitative estimate of drug-likeness (QED) is 0.678.